The van der Waals surface area contributed by atoms with Gasteiger partial charge in [0.1, 0.15) is 0 Å². The van der Waals surface area contributed by atoms with E-state index < -0.39 is 0 Å². The number of rotatable bonds is 5. The molecule has 0 saturated heterocycles. The van der Waals surface area contributed by atoms with E-state index in [4.69, 9.17) is 0 Å². The van der Waals surface area contributed by atoms with Crippen molar-refractivity contribution in [2.24, 2.45) is 0 Å². The minimum atomic E-state index is 0.0536. The Balaban J connectivity index is 2.03. The first-order chi connectivity index (χ1) is 8.42. The van der Waals surface area contributed by atoms with E-state index in [1.54, 1.807) is 11.3 Å². The summed E-state index contributed by atoms with van der Waals surface area (Å²) in [5.41, 5.74) is 0.191. The Labute approximate surface area is 113 Å². The van der Waals surface area contributed by atoms with Crippen molar-refractivity contribution in [2.45, 2.75) is 51.5 Å². The van der Waals surface area contributed by atoms with Gasteiger partial charge in [-0.15, -0.1) is 11.3 Å². The molecule has 18 heavy (non-hydrogen) atoms. The monoisotopic (exact) mass is 263 g/mol. The van der Waals surface area contributed by atoms with Crippen LogP contribution < -0.4 is 0 Å². The number of hydrogen-bond donors (Lipinski definition) is 0. The lowest BCUT2D eigenvalue weighted by Crippen LogP contribution is -2.30. The molecule has 0 radical (unpaired) electrons. The molecule has 2 heterocycles. The van der Waals surface area contributed by atoms with Gasteiger partial charge in [-0.05, 0) is 32.8 Å². The van der Waals surface area contributed by atoms with Gasteiger partial charge in [-0.2, -0.15) is 5.10 Å². The summed E-state index contributed by atoms with van der Waals surface area (Å²) < 4.78 is 2.05. The third kappa shape index (κ3) is 2.80. The first-order valence-electron chi connectivity index (χ1n) is 6.32. The Bertz CT molecular complexity index is 423. The molecule has 4 heteroatoms. The lowest BCUT2D eigenvalue weighted by molar-refractivity contribution is 0.260. The zero-order valence-electron chi connectivity index (χ0n) is 11.6. The predicted molar refractivity (Wildman–Crippen MR) is 75.9 cm³/mol. The van der Waals surface area contributed by atoms with E-state index in [1.165, 1.54) is 5.01 Å². The van der Waals surface area contributed by atoms with Crippen LogP contribution in [0.15, 0.2) is 30.0 Å². The molecule has 0 fully saturated rings. The van der Waals surface area contributed by atoms with Crippen molar-refractivity contribution < 1.29 is 0 Å². The lowest BCUT2D eigenvalue weighted by atomic mass is 9.83. The first-order valence-corrected chi connectivity index (χ1v) is 7.20. The van der Waals surface area contributed by atoms with Crippen LogP contribution in [-0.4, -0.2) is 14.8 Å². The average Bonchev–Trinajstić information content (AvgIpc) is 2.99. The normalized spacial score (nSPS) is 12.9. The van der Waals surface area contributed by atoms with E-state index in [-0.39, 0.29) is 11.0 Å². The molecular weight excluding hydrogens is 242 g/mol. The molecule has 0 bridgehead atoms. The quantitative estimate of drug-likeness (QED) is 0.820. The van der Waals surface area contributed by atoms with Gasteiger partial charge in [0.2, 0.25) is 0 Å². The minimum Gasteiger partial charge on any atom is -0.267 e. The van der Waals surface area contributed by atoms with Crippen molar-refractivity contribution in [3.63, 3.8) is 0 Å². The summed E-state index contributed by atoms with van der Waals surface area (Å²) in [6, 6.07) is 1.98. The van der Waals surface area contributed by atoms with Crippen molar-refractivity contribution in [3.05, 3.63) is 35.0 Å². The fraction of sp³-hybridized carbons (Fsp3) is 0.571. The highest BCUT2D eigenvalue weighted by atomic mass is 32.1. The lowest BCUT2D eigenvalue weighted by Gasteiger charge is -2.30. The molecule has 0 aromatic carbocycles. The largest absolute Gasteiger partial charge is 0.267 e. The van der Waals surface area contributed by atoms with E-state index in [2.05, 4.69) is 43.2 Å². The number of nitrogens with zero attached hydrogens (tertiary/aromatic N) is 3. The van der Waals surface area contributed by atoms with Gasteiger partial charge in [0.15, 0.2) is 0 Å². The molecule has 0 aliphatic carbocycles. The van der Waals surface area contributed by atoms with Gasteiger partial charge in [0.05, 0.1) is 10.5 Å². The maximum atomic E-state index is 4.45. The predicted octanol–water partition coefficient (Wildman–Crippen LogP) is 3.83. The van der Waals surface area contributed by atoms with Crippen molar-refractivity contribution in [1.82, 2.24) is 14.8 Å². The highest BCUT2D eigenvalue weighted by Crippen LogP contribution is 2.33. The van der Waals surface area contributed by atoms with E-state index in [9.17, 15) is 0 Å². The second kappa shape index (κ2) is 4.84. The van der Waals surface area contributed by atoms with E-state index in [1.807, 2.05) is 29.3 Å². The standard InChI is InChI=1S/C14H21N3S/c1-13(2,12-15-9-11-18-12)6-7-14(3,4)17-10-5-8-16-17/h5,8-11H,6-7H2,1-4H3. The minimum absolute atomic E-state index is 0.0536. The molecule has 0 aliphatic heterocycles. The second-order valence-electron chi connectivity index (χ2n) is 5.98. The van der Waals surface area contributed by atoms with Crippen LogP contribution in [0, 0.1) is 0 Å². The van der Waals surface area contributed by atoms with Crippen LogP contribution in [-0.2, 0) is 11.0 Å². The summed E-state index contributed by atoms with van der Waals surface area (Å²) in [6.07, 6.45) is 7.96. The second-order valence-corrected chi connectivity index (χ2v) is 6.88. The molecule has 2 rings (SSSR count). The van der Waals surface area contributed by atoms with Crippen molar-refractivity contribution in [1.29, 1.82) is 0 Å². The van der Waals surface area contributed by atoms with Crippen molar-refractivity contribution >= 4 is 11.3 Å². The van der Waals surface area contributed by atoms with Gasteiger partial charge in [-0.25, -0.2) is 4.98 Å². The highest BCUT2D eigenvalue weighted by molar-refractivity contribution is 7.09. The van der Waals surface area contributed by atoms with Crippen molar-refractivity contribution in [2.75, 3.05) is 0 Å². The molecule has 0 atom stereocenters. The van der Waals surface area contributed by atoms with Crippen LogP contribution >= 0.6 is 11.3 Å². The Hall–Kier alpha value is -1.16. The molecule has 0 amide bonds. The summed E-state index contributed by atoms with van der Waals surface area (Å²) in [6.45, 7) is 9.01. The Morgan fingerprint density at radius 2 is 1.94 bits per heavy atom. The third-order valence-electron chi connectivity index (χ3n) is 3.50. The van der Waals surface area contributed by atoms with Crippen molar-refractivity contribution in [3.8, 4) is 0 Å². The molecule has 2 aromatic rings. The zero-order valence-corrected chi connectivity index (χ0v) is 12.4. The van der Waals surface area contributed by atoms with E-state index in [0.717, 1.165) is 12.8 Å². The highest BCUT2D eigenvalue weighted by Gasteiger charge is 2.28. The maximum Gasteiger partial charge on any atom is 0.0981 e. The summed E-state index contributed by atoms with van der Waals surface area (Å²) in [5.74, 6) is 0. The van der Waals surface area contributed by atoms with Crippen LogP contribution in [0.3, 0.4) is 0 Å². The Kier molecular flexibility index (Phi) is 3.57. The fourth-order valence-electron chi connectivity index (χ4n) is 2.02. The SMILES string of the molecule is CC(C)(CCC(C)(C)n1cccn1)c1nccs1. The van der Waals surface area contributed by atoms with Gasteiger partial charge < -0.3 is 0 Å². The first kappa shape index (κ1) is 13.3. The zero-order chi connectivity index (χ0) is 13.2. The van der Waals surface area contributed by atoms with Crippen LogP contribution in [0.1, 0.15) is 45.5 Å². The molecule has 2 aromatic heterocycles. The molecule has 0 aliphatic rings. The van der Waals surface area contributed by atoms with E-state index >= 15 is 0 Å². The molecule has 0 unspecified atom stereocenters. The number of thiazole rings is 1. The molecule has 3 nitrogen and oxygen atoms in total. The number of hydrogen-bond acceptors (Lipinski definition) is 3. The summed E-state index contributed by atoms with van der Waals surface area (Å²) >= 11 is 1.74. The average molecular weight is 263 g/mol. The molecule has 0 spiro atoms. The number of aromatic nitrogens is 3. The summed E-state index contributed by atoms with van der Waals surface area (Å²) in [5, 5.41) is 7.63. The third-order valence-corrected chi connectivity index (χ3v) is 4.64. The van der Waals surface area contributed by atoms with Crippen LogP contribution in [0.5, 0.6) is 0 Å². The maximum absolute atomic E-state index is 4.45. The van der Waals surface area contributed by atoms with Gasteiger partial charge >= 0.3 is 0 Å². The van der Waals surface area contributed by atoms with E-state index in [0.29, 0.717) is 0 Å². The summed E-state index contributed by atoms with van der Waals surface area (Å²) in [7, 11) is 0. The molecule has 98 valence electrons. The fourth-order valence-corrected chi connectivity index (χ4v) is 2.82. The Morgan fingerprint density at radius 1 is 1.17 bits per heavy atom. The van der Waals surface area contributed by atoms with Gasteiger partial charge in [-0.1, -0.05) is 13.8 Å². The van der Waals surface area contributed by atoms with Crippen LogP contribution in [0.25, 0.3) is 0 Å². The summed E-state index contributed by atoms with van der Waals surface area (Å²) in [4.78, 5) is 4.45. The molecule has 0 N–H and O–H groups in total. The van der Waals surface area contributed by atoms with Crippen LogP contribution in [0.4, 0.5) is 0 Å². The molecular formula is C14H21N3S. The Morgan fingerprint density at radius 3 is 2.50 bits per heavy atom. The van der Waals surface area contributed by atoms with Gasteiger partial charge in [0, 0.05) is 29.4 Å². The smallest absolute Gasteiger partial charge is 0.0981 e. The van der Waals surface area contributed by atoms with Gasteiger partial charge in [0.25, 0.3) is 0 Å². The van der Waals surface area contributed by atoms with Crippen LogP contribution in [0.2, 0.25) is 0 Å². The topological polar surface area (TPSA) is 30.7 Å². The molecule has 0 saturated carbocycles. The van der Waals surface area contributed by atoms with Gasteiger partial charge in [-0.3, -0.25) is 4.68 Å².